The van der Waals surface area contributed by atoms with Crippen LogP contribution in [0.15, 0.2) is 0 Å². The van der Waals surface area contributed by atoms with E-state index in [2.05, 4.69) is 10.3 Å². The lowest BCUT2D eigenvalue weighted by Crippen LogP contribution is -2.45. The number of carboxylic acid groups (broad SMARTS) is 1. The van der Waals surface area contributed by atoms with E-state index < -0.39 is 5.97 Å². The van der Waals surface area contributed by atoms with E-state index in [0.29, 0.717) is 37.2 Å². The minimum atomic E-state index is -1.04. The normalized spacial score (nSPS) is 18.1. The highest BCUT2D eigenvalue weighted by Crippen LogP contribution is 2.22. The van der Waals surface area contributed by atoms with Crippen molar-refractivity contribution in [1.29, 1.82) is 0 Å². The first-order valence-corrected chi connectivity index (χ1v) is 6.41. The number of aromatic carboxylic acids is 1. The topological polar surface area (TPSA) is 87.5 Å². The van der Waals surface area contributed by atoms with Crippen molar-refractivity contribution < 1.29 is 14.7 Å². The minimum Gasteiger partial charge on any atom is -0.476 e. The summed E-state index contributed by atoms with van der Waals surface area (Å²) in [7, 11) is 0. The molecule has 19 heavy (non-hydrogen) atoms. The molecule has 2 heterocycles. The third-order valence-corrected chi connectivity index (χ3v) is 3.59. The molecule has 7 nitrogen and oxygen atoms in total. The Morgan fingerprint density at radius 1 is 1.37 bits per heavy atom. The van der Waals surface area contributed by atoms with E-state index in [1.165, 1.54) is 0 Å². The molecular formula is C12H16N4O3. The SMILES string of the molecule is Cc1nc(C(=O)O)c2n1CCN(C(=O)NC1CC1)C2. The second-order valence-electron chi connectivity index (χ2n) is 5.06. The van der Waals surface area contributed by atoms with Crippen molar-refractivity contribution in [2.24, 2.45) is 0 Å². The summed E-state index contributed by atoms with van der Waals surface area (Å²) in [4.78, 5) is 28.9. The lowest BCUT2D eigenvalue weighted by Gasteiger charge is -2.29. The van der Waals surface area contributed by atoms with E-state index in [9.17, 15) is 9.59 Å². The van der Waals surface area contributed by atoms with Gasteiger partial charge in [0.15, 0.2) is 5.69 Å². The predicted molar refractivity (Wildman–Crippen MR) is 65.9 cm³/mol. The van der Waals surface area contributed by atoms with Crippen LogP contribution >= 0.6 is 0 Å². The van der Waals surface area contributed by atoms with Gasteiger partial charge in [0.05, 0.1) is 12.2 Å². The molecule has 1 aromatic heterocycles. The van der Waals surface area contributed by atoms with Gasteiger partial charge < -0.3 is 19.9 Å². The molecule has 0 aromatic carbocycles. The van der Waals surface area contributed by atoms with Gasteiger partial charge >= 0.3 is 12.0 Å². The highest BCUT2D eigenvalue weighted by molar-refractivity contribution is 5.87. The Bertz CT molecular complexity index is 547. The molecule has 1 aromatic rings. The summed E-state index contributed by atoms with van der Waals surface area (Å²) >= 11 is 0. The quantitative estimate of drug-likeness (QED) is 0.817. The van der Waals surface area contributed by atoms with Gasteiger partial charge in [-0.1, -0.05) is 0 Å². The van der Waals surface area contributed by atoms with Crippen LogP contribution in [0.1, 0.15) is 34.8 Å². The van der Waals surface area contributed by atoms with Crippen LogP contribution in [0.4, 0.5) is 4.79 Å². The maximum Gasteiger partial charge on any atom is 0.356 e. The highest BCUT2D eigenvalue weighted by atomic mass is 16.4. The molecule has 0 bridgehead atoms. The van der Waals surface area contributed by atoms with Crippen molar-refractivity contribution >= 4 is 12.0 Å². The maximum atomic E-state index is 12.0. The molecule has 102 valence electrons. The van der Waals surface area contributed by atoms with Gasteiger partial charge in [-0.25, -0.2) is 14.6 Å². The van der Waals surface area contributed by atoms with Crippen molar-refractivity contribution in [1.82, 2.24) is 19.8 Å². The molecule has 1 saturated carbocycles. The first kappa shape index (κ1) is 12.0. The van der Waals surface area contributed by atoms with Gasteiger partial charge in [0.25, 0.3) is 0 Å². The van der Waals surface area contributed by atoms with Crippen molar-refractivity contribution in [3.8, 4) is 0 Å². The molecule has 0 spiro atoms. The Kier molecular flexibility index (Phi) is 2.69. The summed E-state index contributed by atoms with van der Waals surface area (Å²) in [6.07, 6.45) is 2.08. The van der Waals surface area contributed by atoms with Crippen LogP contribution in [0.3, 0.4) is 0 Å². The van der Waals surface area contributed by atoms with Gasteiger partial charge in [0.2, 0.25) is 0 Å². The average molecular weight is 264 g/mol. The van der Waals surface area contributed by atoms with Gasteiger partial charge in [-0.3, -0.25) is 0 Å². The van der Waals surface area contributed by atoms with Crippen molar-refractivity contribution in [2.45, 2.75) is 38.9 Å². The van der Waals surface area contributed by atoms with E-state index >= 15 is 0 Å². The number of hydrogen-bond acceptors (Lipinski definition) is 3. The summed E-state index contributed by atoms with van der Waals surface area (Å²) in [5, 5.41) is 12.1. The number of carbonyl (C=O) groups is 2. The standard InChI is InChI=1S/C12H16N4O3/c1-7-13-10(11(17)18)9-6-15(4-5-16(7)9)12(19)14-8-2-3-8/h8H,2-6H2,1H3,(H,14,19)(H,17,18). The molecule has 0 radical (unpaired) electrons. The van der Waals surface area contributed by atoms with Gasteiger partial charge in [-0.15, -0.1) is 0 Å². The molecule has 2 N–H and O–H groups in total. The number of urea groups is 1. The maximum absolute atomic E-state index is 12.0. The summed E-state index contributed by atoms with van der Waals surface area (Å²) in [5.41, 5.74) is 0.670. The molecule has 1 aliphatic carbocycles. The summed E-state index contributed by atoms with van der Waals surface area (Å²) < 4.78 is 1.88. The van der Waals surface area contributed by atoms with Gasteiger partial charge in [-0.05, 0) is 19.8 Å². The smallest absolute Gasteiger partial charge is 0.356 e. The lowest BCUT2D eigenvalue weighted by molar-refractivity contribution is 0.0687. The van der Waals surface area contributed by atoms with Crippen LogP contribution in [0, 0.1) is 6.92 Å². The first-order chi connectivity index (χ1) is 9.06. The van der Waals surface area contributed by atoms with Gasteiger partial charge in [0, 0.05) is 19.1 Å². The number of nitrogens with zero attached hydrogens (tertiary/aromatic N) is 3. The number of nitrogens with one attached hydrogen (secondary N) is 1. The summed E-state index contributed by atoms with van der Waals surface area (Å²) in [6.45, 7) is 3.28. The van der Waals surface area contributed by atoms with Crippen LogP contribution in [-0.2, 0) is 13.1 Å². The third kappa shape index (κ3) is 2.16. The molecule has 1 aliphatic heterocycles. The van der Waals surface area contributed by atoms with E-state index in [0.717, 1.165) is 12.8 Å². The number of carboxylic acids is 1. The Labute approximate surface area is 110 Å². The number of aromatic nitrogens is 2. The van der Waals surface area contributed by atoms with E-state index in [-0.39, 0.29) is 11.7 Å². The first-order valence-electron chi connectivity index (χ1n) is 6.41. The number of carbonyl (C=O) groups excluding carboxylic acids is 1. The molecule has 0 atom stereocenters. The zero-order chi connectivity index (χ0) is 13.6. The van der Waals surface area contributed by atoms with E-state index in [1.54, 1.807) is 11.8 Å². The Balaban J connectivity index is 1.81. The van der Waals surface area contributed by atoms with Crippen LogP contribution in [0.5, 0.6) is 0 Å². The number of aryl methyl sites for hydroxylation is 1. The van der Waals surface area contributed by atoms with Gasteiger partial charge in [-0.2, -0.15) is 0 Å². The summed E-state index contributed by atoms with van der Waals surface area (Å²) in [6, 6.07) is 0.198. The van der Waals surface area contributed by atoms with Crippen LogP contribution in [0.2, 0.25) is 0 Å². The third-order valence-electron chi connectivity index (χ3n) is 3.59. The summed E-state index contributed by atoms with van der Waals surface area (Å²) in [5.74, 6) is -0.351. The van der Waals surface area contributed by atoms with Crippen molar-refractivity contribution in [2.75, 3.05) is 6.54 Å². The van der Waals surface area contributed by atoms with Gasteiger partial charge in [0.1, 0.15) is 5.82 Å². The van der Waals surface area contributed by atoms with Crippen molar-refractivity contribution in [3.63, 3.8) is 0 Å². The fourth-order valence-corrected chi connectivity index (χ4v) is 2.39. The highest BCUT2D eigenvalue weighted by Gasteiger charge is 2.30. The molecule has 2 amide bonds. The Morgan fingerprint density at radius 3 is 2.74 bits per heavy atom. The molecule has 0 unspecified atom stereocenters. The molecule has 7 heteroatoms. The zero-order valence-electron chi connectivity index (χ0n) is 10.7. The number of fused-ring (bicyclic) bond motifs is 1. The average Bonchev–Trinajstić information content (AvgIpc) is 3.12. The second-order valence-corrected chi connectivity index (χ2v) is 5.06. The van der Waals surface area contributed by atoms with E-state index in [1.807, 2.05) is 4.57 Å². The van der Waals surface area contributed by atoms with Crippen LogP contribution in [0.25, 0.3) is 0 Å². The van der Waals surface area contributed by atoms with E-state index in [4.69, 9.17) is 5.11 Å². The largest absolute Gasteiger partial charge is 0.476 e. The fourth-order valence-electron chi connectivity index (χ4n) is 2.39. The molecule has 3 rings (SSSR count). The number of hydrogen-bond donors (Lipinski definition) is 2. The predicted octanol–water partition coefficient (Wildman–Crippen LogP) is 0.577. The molecule has 1 fully saturated rings. The lowest BCUT2D eigenvalue weighted by atomic mass is 10.2. The van der Waals surface area contributed by atoms with Crippen LogP contribution < -0.4 is 5.32 Å². The minimum absolute atomic E-state index is 0.0569. The molecular weight excluding hydrogens is 248 g/mol. The fraction of sp³-hybridized carbons (Fsp3) is 0.583. The zero-order valence-corrected chi connectivity index (χ0v) is 10.7. The Hall–Kier alpha value is -2.05. The number of imidazole rings is 1. The number of rotatable bonds is 2. The second kappa shape index (κ2) is 4.25. The molecule has 2 aliphatic rings. The van der Waals surface area contributed by atoms with Crippen LogP contribution in [-0.4, -0.2) is 44.1 Å². The monoisotopic (exact) mass is 264 g/mol. The Morgan fingerprint density at radius 2 is 2.11 bits per heavy atom. The van der Waals surface area contributed by atoms with Crippen molar-refractivity contribution in [3.05, 3.63) is 17.2 Å². The number of amides is 2. The molecule has 0 saturated heterocycles.